The van der Waals surface area contributed by atoms with Gasteiger partial charge in [0.25, 0.3) is 12.4 Å². The molecule has 1 atom stereocenters. The molecule has 0 saturated carbocycles. The predicted octanol–water partition coefficient (Wildman–Crippen LogP) is 2.26. The molecule has 0 aliphatic carbocycles. The zero-order valence-electron chi connectivity index (χ0n) is 15.3. The van der Waals surface area contributed by atoms with Gasteiger partial charge in [0.05, 0.1) is 6.61 Å². The van der Waals surface area contributed by atoms with Crippen LogP contribution in [0.25, 0.3) is 0 Å². The van der Waals surface area contributed by atoms with Crippen molar-refractivity contribution in [1.82, 2.24) is 10.2 Å². The van der Waals surface area contributed by atoms with Crippen LogP contribution in [0.2, 0.25) is 0 Å². The Morgan fingerprint density at radius 2 is 1.88 bits per heavy atom. The van der Waals surface area contributed by atoms with Crippen molar-refractivity contribution in [3.8, 4) is 0 Å². The van der Waals surface area contributed by atoms with Crippen LogP contribution in [0.1, 0.15) is 36.0 Å². The first-order valence-corrected chi connectivity index (χ1v) is 9.44. The van der Waals surface area contributed by atoms with Gasteiger partial charge in [-0.05, 0) is 62.7 Å². The summed E-state index contributed by atoms with van der Waals surface area (Å²) in [4.78, 5) is 23.0. The van der Waals surface area contributed by atoms with Gasteiger partial charge in [-0.3, -0.25) is 9.59 Å². The Labute approximate surface area is 155 Å². The van der Waals surface area contributed by atoms with Gasteiger partial charge in [0, 0.05) is 25.3 Å². The molecule has 26 heavy (non-hydrogen) atoms. The lowest BCUT2D eigenvalue weighted by molar-refractivity contribution is -0.122. The number of likely N-dealkylation sites (tertiary alicyclic amines) is 1. The molecule has 0 spiro atoms. The van der Waals surface area contributed by atoms with Crippen molar-refractivity contribution in [2.24, 2.45) is 11.8 Å². The van der Waals surface area contributed by atoms with Crippen LogP contribution >= 0.6 is 0 Å². The van der Waals surface area contributed by atoms with Crippen LogP contribution in [0.4, 0.5) is 0 Å². The fourth-order valence-electron chi connectivity index (χ4n) is 3.62. The highest BCUT2D eigenvalue weighted by molar-refractivity contribution is 5.94. The molecular weight excluding hydrogens is 332 g/mol. The lowest BCUT2D eigenvalue weighted by Crippen LogP contribution is -2.41. The van der Waals surface area contributed by atoms with Crippen LogP contribution in [0.15, 0.2) is 30.3 Å². The average molecular weight is 362 g/mol. The Bertz CT molecular complexity index is 524. The summed E-state index contributed by atoms with van der Waals surface area (Å²) < 4.78 is 5.58. The Balaban J connectivity index is 0.000000758. The molecule has 1 aromatic rings. The van der Waals surface area contributed by atoms with E-state index >= 15 is 0 Å². The number of piperidine rings is 1. The van der Waals surface area contributed by atoms with E-state index < -0.39 is 0 Å². The highest BCUT2D eigenvalue weighted by Crippen LogP contribution is 2.20. The molecule has 2 fully saturated rings. The summed E-state index contributed by atoms with van der Waals surface area (Å²) >= 11 is 0. The average Bonchev–Trinajstić information content (AvgIpc) is 2.69. The lowest BCUT2D eigenvalue weighted by atomic mass is 9.94. The summed E-state index contributed by atoms with van der Waals surface area (Å²) in [7, 11) is 0. The van der Waals surface area contributed by atoms with Gasteiger partial charge >= 0.3 is 0 Å². The standard InChI is InChI=1S/C19H28N2O2.CH2O2/c22-19(18-6-2-1-3-7-18)20-13-16-8-10-21(11-9-16)14-17-5-4-12-23-15-17;2-1-3/h1-3,6-7,16-17H,4-5,8-15H2,(H,20,22);1H,(H,2,3). The van der Waals surface area contributed by atoms with Crippen LogP contribution in [0.3, 0.4) is 0 Å². The van der Waals surface area contributed by atoms with Crippen molar-refractivity contribution in [2.45, 2.75) is 25.7 Å². The van der Waals surface area contributed by atoms with E-state index in [2.05, 4.69) is 10.2 Å². The van der Waals surface area contributed by atoms with E-state index in [1.165, 1.54) is 32.2 Å². The van der Waals surface area contributed by atoms with Gasteiger partial charge in [-0.15, -0.1) is 0 Å². The Morgan fingerprint density at radius 3 is 2.50 bits per heavy atom. The van der Waals surface area contributed by atoms with E-state index in [0.29, 0.717) is 5.92 Å². The van der Waals surface area contributed by atoms with E-state index in [9.17, 15) is 4.79 Å². The third kappa shape index (κ3) is 7.14. The van der Waals surface area contributed by atoms with Crippen LogP contribution < -0.4 is 5.32 Å². The highest BCUT2D eigenvalue weighted by Gasteiger charge is 2.23. The van der Waals surface area contributed by atoms with Crippen LogP contribution in [0.5, 0.6) is 0 Å². The Kier molecular flexibility index (Phi) is 9.14. The second-order valence-corrected chi connectivity index (χ2v) is 7.01. The predicted molar refractivity (Wildman–Crippen MR) is 100 cm³/mol. The maximum atomic E-state index is 12.1. The van der Waals surface area contributed by atoms with E-state index in [0.717, 1.165) is 44.3 Å². The maximum absolute atomic E-state index is 12.1. The van der Waals surface area contributed by atoms with Crippen molar-refractivity contribution in [3.05, 3.63) is 35.9 Å². The number of nitrogens with zero attached hydrogens (tertiary/aromatic N) is 1. The molecule has 3 rings (SSSR count). The summed E-state index contributed by atoms with van der Waals surface area (Å²) in [5, 5.41) is 9.98. The zero-order chi connectivity index (χ0) is 18.6. The number of hydrogen-bond acceptors (Lipinski definition) is 4. The number of benzene rings is 1. The highest BCUT2D eigenvalue weighted by atomic mass is 16.5. The van der Waals surface area contributed by atoms with E-state index in [1.807, 2.05) is 30.3 Å². The van der Waals surface area contributed by atoms with Gasteiger partial charge in [-0.2, -0.15) is 0 Å². The molecule has 2 N–H and O–H groups in total. The van der Waals surface area contributed by atoms with Gasteiger partial charge in [0.2, 0.25) is 0 Å². The Morgan fingerprint density at radius 1 is 1.19 bits per heavy atom. The minimum Gasteiger partial charge on any atom is -0.483 e. The summed E-state index contributed by atoms with van der Waals surface area (Å²) in [6.07, 6.45) is 4.89. The third-order valence-corrected chi connectivity index (χ3v) is 5.07. The molecule has 144 valence electrons. The molecule has 2 heterocycles. The van der Waals surface area contributed by atoms with E-state index in [-0.39, 0.29) is 12.4 Å². The molecule has 1 unspecified atom stereocenters. The normalized spacial score (nSPS) is 21.3. The van der Waals surface area contributed by atoms with Crippen molar-refractivity contribution in [3.63, 3.8) is 0 Å². The number of amides is 1. The van der Waals surface area contributed by atoms with Gasteiger partial charge in [-0.1, -0.05) is 18.2 Å². The third-order valence-electron chi connectivity index (χ3n) is 5.07. The van der Waals surface area contributed by atoms with Crippen molar-refractivity contribution in [2.75, 3.05) is 39.4 Å². The summed E-state index contributed by atoms with van der Waals surface area (Å²) in [6, 6.07) is 9.48. The number of carbonyl (C=O) groups is 2. The van der Waals surface area contributed by atoms with E-state index in [4.69, 9.17) is 14.6 Å². The molecule has 6 nitrogen and oxygen atoms in total. The van der Waals surface area contributed by atoms with Gasteiger partial charge in [-0.25, -0.2) is 0 Å². The Hall–Kier alpha value is -1.92. The van der Waals surface area contributed by atoms with Crippen LogP contribution in [-0.4, -0.2) is 61.8 Å². The zero-order valence-corrected chi connectivity index (χ0v) is 15.3. The summed E-state index contributed by atoms with van der Waals surface area (Å²) in [6.45, 7) is 5.93. The lowest BCUT2D eigenvalue weighted by Gasteiger charge is -2.35. The fourth-order valence-corrected chi connectivity index (χ4v) is 3.62. The molecule has 0 radical (unpaired) electrons. The summed E-state index contributed by atoms with van der Waals surface area (Å²) in [5.41, 5.74) is 0.752. The molecule has 2 aliphatic rings. The first kappa shape index (κ1) is 20.4. The van der Waals surface area contributed by atoms with Crippen LogP contribution in [0, 0.1) is 11.8 Å². The second kappa shape index (κ2) is 11.6. The van der Waals surface area contributed by atoms with Crippen molar-refractivity contribution >= 4 is 12.4 Å². The summed E-state index contributed by atoms with van der Waals surface area (Å²) in [5.74, 6) is 1.38. The molecule has 2 saturated heterocycles. The number of carbonyl (C=O) groups excluding carboxylic acids is 1. The number of ether oxygens (including phenoxy) is 1. The van der Waals surface area contributed by atoms with Crippen LogP contribution in [-0.2, 0) is 9.53 Å². The van der Waals surface area contributed by atoms with Crippen molar-refractivity contribution < 1.29 is 19.4 Å². The molecule has 0 aromatic heterocycles. The maximum Gasteiger partial charge on any atom is 0.290 e. The minimum absolute atomic E-state index is 0.0485. The largest absolute Gasteiger partial charge is 0.483 e. The second-order valence-electron chi connectivity index (χ2n) is 7.01. The molecule has 2 aliphatic heterocycles. The SMILES string of the molecule is O=C(NCC1CCN(CC2CCCOC2)CC1)c1ccccc1.O=CO. The van der Waals surface area contributed by atoms with Gasteiger partial charge in [0.15, 0.2) is 0 Å². The molecule has 0 bridgehead atoms. The fraction of sp³-hybridized carbons (Fsp3) is 0.600. The number of hydrogen-bond donors (Lipinski definition) is 2. The number of nitrogens with one attached hydrogen (secondary N) is 1. The van der Waals surface area contributed by atoms with Gasteiger partial charge < -0.3 is 20.1 Å². The molecule has 6 heteroatoms. The first-order chi connectivity index (χ1) is 12.7. The van der Waals surface area contributed by atoms with Gasteiger partial charge in [0.1, 0.15) is 0 Å². The number of carboxylic acid groups (broad SMARTS) is 1. The molecule has 1 amide bonds. The van der Waals surface area contributed by atoms with Crippen molar-refractivity contribution in [1.29, 1.82) is 0 Å². The molecular formula is C20H30N2O4. The van der Waals surface area contributed by atoms with E-state index in [1.54, 1.807) is 0 Å². The minimum atomic E-state index is -0.250. The topological polar surface area (TPSA) is 78.9 Å². The number of rotatable bonds is 5. The molecule has 1 aromatic carbocycles. The quantitative estimate of drug-likeness (QED) is 0.786. The monoisotopic (exact) mass is 362 g/mol. The smallest absolute Gasteiger partial charge is 0.290 e. The first-order valence-electron chi connectivity index (χ1n) is 9.44.